The van der Waals surface area contributed by atoms with E-state index >= 15 is 0 Å². The molecule has 2 rings (SSSR count). The Hall–Kier alpha value is -0.910. The first-order valence-electron chi connectivity index (χ1n) is 3.35. The summed E-state index contributed by atoms with van der Waals surface area (Å²) in [5, 5.41) is 17.5. The molecule has 5 nitrogen and oxygen atoms in total. The molecule has 0 aliphatic rings. The number of hydrogen-bond acceptors (Lipinski definition) is 3. The Kier molecular flexibility index (Phi) is 3.02. The van der Waals surface area contributed by atoms with Crippen LogP contribution in [-0.2, 0) is 0 Å². The molecule has 6 heteroatoms. The van der Waals surface area contributed by atoms with E-state index < -0.39 is 4.92 Å². The van der Waals surface area contributed by atoms with Crippen LogP contribution in [0.25, 0.3) is 10.9 Å². The molecular formula is C7H6N3NaO2. The summed E-state index contributed by atoms with van der Waals surface area (Å²) in [5.41, 5.74) is 0.535. The maximum absolute atomic E-state index is 10.5. The van der Waals surface area contributed by atoms with E-state index in [2.05, 4.69) is 10.2 Å². The van der Waals surface area contributed by atoms with Gasteiger partial charge < -0.3 is 0 Å². The summed E-state index contributed by atoms with van der Waals surface area (Å²) < 4.78 is 0. The summed E-state index contributed by atoms with van der Waals surface area (Å²) in [6, 6.07) is 4.85. The number of para-hydroxylation sites is 1. The van der Waals surface area contributed by atoms with Crippen molar-refractivity contribution in [3.8, 4) is 0 Å². The molecule has 1 N–H and O–H groups in total. The van der Waals surface area contributed by atoms with Gasteiger partial charge in [-0.15, -0.1) is 0 Å². The number of nitro benzene ring substituents is 1. The number of fused-ring (bicyclic) bond motifs is 1. The number of benzene rings is 1. The van der Waals surface area contributed by atoms with Crippen LogP contribution in [0.5, 0.6) is 0 Å². The maximum atomic E-state index is 10.5. The second kappa shape index (κ2) is 3.87. The fourth-order valence-corrected chi connectivity index (χ4v) is 1.11. The average molecular weight is 187 g/mol. The molecule has 62 valence electrons. The number of H-pyrrole nitrogens is 1. The fraction of sp³-hybridized carbons (Fsp3) is 0. The van der Waals surface area contributed by atoms with Crippen molar-refractivity contribution in [1.82, 2.24) is 10.2 Å². The molecule has 0 fully saturated rings. The van der Waals surface area contributed by atoms with Gasteiger partial charge in [0.2, 0.25) is 0 Å². The SMILES string of the molecule is O=[N+]([O-])c1cccc2cn[nH]c12.[NaH]. The zero-order chi connectivity index (χ0) is 8.55. The predicted molar refractivity (Wildman–Crippen MR) is 49.9 cm³/mol. The monoisotopic (exact) mass is 187 g/mol. The number of nitro groups is 1. The molecule has 1 aromatic heterocycles. The van der Waals surface area contributed by atoms with Gasteiger partial charge in [-0.3, -0.25) is 15.2 Å². The Morgan fingerprint density at radius 1 is 1.46 bits per heavy atom. The molecule has 0 unspecified atom stereocenters. The molecule has 0 aliphatic carbocycles. The molecule has 0 saturated heterocycles. The van der Waals surface area contributed by atoms with Gasteiger partial charge in [0.15, 0.2) is 0 Å². The molecule has 0 bridgehead atoms. The van der Waals surface area contributed by atoms with Crippen molar-refractivity contribution in [2.75, 3.05) is 0 Å². The third-order valence-corrected chi connectivity index (χ3v) is 1.65. The van der Waals surface area contributed by atoms with E-state index in [1.54, 1.807) is 18.3 Å². The zero-order valence-corrected chi connectivity index (χ0v) is 6.02. The molecule has 0 radical (unpaired) electrons. The second-order valence-electron chi connectivity index (χ2n) is 2.37. The van der Waals surface area contributed by atoms with E-state index in [-0.39, 0.29) is 35.2 Å². The number of hydrogen-bond donors (Lipinski definition) is 1. The molecule has 1 aromatic carbocycles. The second-order valence-corrected chi connectivity index (χ2v) is 2.37. The quantitative estimate of drug-likeness (QED) is 0.408. The van der Waals surface area contributed by atoms with Gasteiger partial charge in [0.05, 0.1) is 11.1 Å². The van der Waals surface area contributed by atoms with Crippen molar-refractivity contribution >= 4 is 46.1 Å². The van der Waals surface area contributed by atoms with E-state index in [0.717, 1.165) is 5.39 Å². The minimum absolute atomic E-state index is 0. The molecule has 0 atom stereocenters. The van der Waals surface area contributed by atoms with E-state index in [4.69, 9.17) is 0 Å². The van der Waals surface area contributed by atoms with Crippen molar-refractivity contribution < 1.29 is 4.92 Å². The van der Waals surface area contributed by atoms with Crippen LogP contribution in [0.3, 0.4) is 0 Å². The molecule has 0 aliphatic heterocycles. The van der Waals surface area contributed by atoms with Gasteiger partial charge in [-0.05, 0) is 0 Å². The van der Waals surface area contributed by atoms with Gasteiger partial charge in [0.1, 0.15) is 5.52 Å². The van der Waals surface area contributed by atoms with Crippen LogP contribution in [0, 0.1) is 10.1 Å². The van der Waals surface area contributed by atoms with Gasteiger partial charge in [-0.25, -0.2) is 0 Å². The number of rotatable bonds is 1. The number of nitrogens with zero attached hydrogens (tertiary/aromatic N) is 2. The number of aromatic amines is 1. The Labute approximate surface area is 95.6 Å². The first kappa shape index (κ1) is 10.2. The van der Waals surface area contributed by atoms with Crippen LogP contribution >= 0.6 is 0 Å². The third-order valence-electron chi connectivity index (χ3n) is 1.65. The number of aromatic nitrogens is 2. The van der Waals surface area contributed by atoms with E-state index in [0.29, 0.717) is 5.52 Å². The molecule has 0 saturated carbocycles. The van der Waals surface area contributed by atoms with Gasteiger partial charge >= 0.3 is 29.6 Å². The topological polar surface area (TPSA) is 71.8 Å². The molecular weight excluding hydrogens is 181 g/mol. The van der Waals surface area contributed by atoms with Crippen molar-refractivity contribution in [3.05, 3.63) is 34.5 Å². The van der Waals surface area contributed by atoms with Gasteiger partial charge in [-0.1, -0.05) is 12.1 Å². The first-order valence-corrected chi connectivity index (χ1v) is 3.35. The summed E-state index contributed by atoms with van der Waals surface area (Å²) in [5.74, 6) is 0. The molecule has 1 heterocycles. The summed E-state index contributed by atoms with van der Waals surface area (Å²) in [7, 11) is 0. The van der Waals surface area contributed by atoms with Crippen LogP contribution in [0.4, 0.5) is 5.69 Å². The summed E-state index contributed by atoms with van der Waals surface area (Å²) in [6.07, 6.45) is 1.56. The Balaban J connectivity index is 0.000000845. The fourth-order valence-electron chi connectivity index (χ4n) is 1.11. The van der Waals surface area contributed by atoms with Gasteiger partial charge in [0.25, 0.3) is 5.69 Å². The van der Waals surface area contributed by atoms with Crippen molar-refractivity contribution in [2.24, 2.45) is 0 Å². The molecule has 13 heavy (non-hydrogen) atoms. The van der Waals surface area contributed by atoms with Gasteiger partial charge in [-0.2, -0.15) is 5.10 Å². The van der Waals surface area contributed by atoms with Crippen molar-refractivity contribution in [1.29, 1.82) is 0 Å². The van der Waals surface area contributed by atoms with E-state index in [1.807, 2.05) is 0 Å². The zero-order valence-electron chi connectivity index (χ0n) is 6.02. The van der Waals surface area contributed by atoms with E-state index in [1.165, 1.54) is 6.07 Å². The summed E-state index contributed by atoms with van der Waals surface area (Å²) in [6.45, 7) is 0. The Morgan fingerprint density at radius 2 is 2.23 bits per heavy atom. The molecule has 0 amide bonds. The van der Waals surface area contributed by atoms with E-state index in [9.17, 15) is 10.1 Å². The Bertz CT molecular complexity index is 440. The molecule has 2 aromatic rings. The molecule has 0 spiro atoms. The number of non-ortho nitro benzene ring substituents is 1. The number of nitrogens with one attached hydrogen (secondary N) is 1. The van der Waals surface area contributed by atoms with Crippen LogP contribution in [0.15, 0.2) is 24.4 Å². The van der Waals surface area contributed by atoms with Crippen LogP contribution in [0.1, 0.15) is 0 Å². The van der Waals surface area contributed by atoms with Crippen molar-refractivity contribution in [2.45, 2.75) is 0 Å². The predicted octanol–water partition coefficient (Wildman–Crippen LogP) is 0.823. The average Bonchev–Trinajstić information content (AvgIpc) is 2.49. The van der Waals surface area contributed by atoms with Gasteiger partial charge in [0, 0.05) is 11.5 Å². The summed E-state index contributed by atoms with van der Waals surface area (Å²) >= 11 is 0. The first-order chi connectivity index (χ1) is 5.79. The van der Waals surface area contributed by atoms with Crippen molar-refractivity contribution in [3.63, 3.8) is 0 Å². The normalized spacial score (nSPS) is 9.54. The standard InChI is InChI=1S/C7H5N3O2.Na.H/c11-10(12)6-3-1-2-5-4-8-9-7(5)6;;/h1-4H,(H,8,9);;. The summed E-state index contributed by atoms with van der Waals surface area (Å²) in [4.78, 5) is 10.0. The minimum atomic E-state index is -0.430. The van der Waals surface area contributed by atoms with Crippen LogP contribution < -0.4 is 0 Å². The third kappa shape index (κ3) is 1.72. The van der Waals surface area contributed by atoms with Crippen LogP contribution in [-0.4, -0.2) is 44.7 Å². The van der Waals surface area contributed by atoms with Crippen LogP contribution in [0.2, 0.25) is 0 Å². The Morgan fingerprint density at radius 3 is 2.92 bits per heavy atom.